The Bertz CT molecular complexity index is 1490. The van der Waals surface area contributed by atoms with Crippen molar-refractivity contribution in [2.75, 3.05) is 13.1 Å². The summed E-state index contributed by atoms with van der Waals surface area (Å²) >= 11 is 6.99. The van der Waals surface area contributed by atoms with Crippen molar-refractivity contribution in [1.29, 1.82) is 0 Å². The minimum atomic E-state index is -3.78. The number of benzene rings is 2. The van der Waals surface area contributed by atoms with Crippen LogP contribution in [0, 0.1) is 28.4 Å². The molecule has 9 nitrogen and oxygen atoms in total. The lowest BCUT2D eigenvalue weighted by atomic mass is 9.99. The van der Waals surface area contributed by atoms with E-state index in [4.69, 9.17) is 18.0 Å². The van der Waals surface area contributed by atoms with E-state index in [-0.39, 0.29) is 23.7 Å². The highest BCUT2D eigenvalue weighted by atomic mass is 35.5. The lowest BCUT2D eigenvalue weighted by Gasteiger charge is -2.30. The van der Waals surface area contributed by atoms with E-state index >= 15 is 0 Å². The summed E-state index contributed by atoms with van der Waals surface area (Å²) in [6.45, 7) is 0.447. The van der Waals surface area contributed by atoms with Gasteiger partial charge in [-0.15, -0.1) is 6.42 Å². The van der Waals surface area contributed by atoms with Gasteiger partial charge in [-0.25, -0.2) is 8.42 Å². The molecule has 2 heterocycles. The number of nitrogens with zero attached hydrogens (tertiary/aromatic N) is 4. The number of terminal acetylenes is 1. The molecule has 0 N–H and O–H groups in total. The molecule has 0 bridgehead atoms. The van der Waals surface area contributed by atoms with Gasteiger partial charge in [-0.1, -0.05) is 28.9 Å². The SMILES string of the molecule is C#CCn1c(=NC(=O)C2CCCN(S(=O)(=O)c3ccc(Cl)cc3)C2)sc2cc([N+](=O)[O-])ccc21. The Morgan fingerprint density at radius 1 is 1.29 bits per heavy atom. The van der Waals surface area contributed by atoms with Gasteiger partial charge in [0.05, 0.1) is 32.5 Å². The van der Waals surface area contributed by atoms with Gasteiger partial charge in [0, 0.05) is 30.2 Å². The Kier molecular flexibility index (Phi) is 6.86. The van der Waals surface area contributed by atoms with Gasteiger partial charge >= 0.3 is 0 Å². The highest BCUT2D eigenvalue weighted by molar-refractivity contribution is 7.89. The van der Waals surface area contributed by atoms with Crippen LogP contribution in [0.4, 0.5) is 5.69 Å². The van der Waals surface area contributed by atoms with E-state index < -0.39 is 26.8 Å². The van der Waals surface area contributed by atoms with Crippen molar-refractivity contribution in [3.63, 3.8) is 0 Å². The molecule has 0 spiro atoms. The van der Waals surface area contributed by atoms with E-state index in [1.54, 1.807) is 10.6 Å². The smallest absolute Gasteiger partial charge is 0.270 e. The van der Waals surface area contributed by atoms with Crippen LogP contribution in [-0.2, 0) is 21.4 Å². The predicted molar refractivity (Wildman–Crippen MR) is 129 cm³/mol. The normalized spacial score (nSPS) is 17.5. The maximum absolute atomic E-state index is 13.1. The molecule has 176 valence electrons. The lowest BCUT2D eigenvalue weighted by molar-refractivity contribution is -0.384. The van der Waals surface area contributed by atoms with Crippen LogP contribution in [0.1, 0.15) is 12.8 Å². The molecule has 4 rings (SSSR count). The van der Waals surface area contributed by atoms with Gasteiger partial charge in [0.2, 0.25) is 10.0 Å². The van der Waals surface area contributed by atoms with Crippen LogP contribution in [0.5, 0.6) is 0 Å². The van der Waals surface area contributed by atoms with Crippen molar-refractivity contribution in [2.24, 2.45) is 10.9 Å². The van der Waals surface area contributed by atoms with Crippen LogP contribution in [0.3, 0.4) is 0 Å². The number of non-ortho nitro benzene ring substituents is 1. The molecule has 1 fully saturated rings. The van der Waals surface area contributed by atoms with Gasteiger partial charge in [0.25, 0.3) is 11.6 Å². The molecule has 1 unspecified atom stereocenters. The van der Waals surface area contributed by atoms with Gasteiger partial charge in [-0.05, 0) is 43.2 Å². The highest BCUT2D eigenvalue weighted by Crippen LogP contribution is 2.26. The number of nitro groups is 1. The Hall–Kier alpha value is -3.04. The first kappa shape index (κ1) is 24.1. The van der Waals surface area contributed by atoms with E-state index in [1.165, 1.54) is 40.7 Å². The number of amides is 1. The van der Waals surface area contributed by atoms with Crippen LogP contribution >= 0.6 is 22.9 Å². The number of aromatic nitrogens is 1. The fourth-order valence-corrected chi connectivity index (χ4v) is 6.53. The zero-order chi connectivity index (χ0) is 24.5. The quantitative estimate of drug-likeness (QED) is 0.291. The Morgan fingerprint density at radius 2 is 2.03 bits per heavy atom. The summed E-state index contributed by atoms with van der Waals surface area (Å²) in [7, 11) is -3.78. The molecule has 1 atom stereocenters. The maximum Gasteiger partial charge on any atom is 0.270 e. The van der Waals surface area contributed by atoms with Gasteiger partial charge in [-0.3, -0.25) is 14.9 Å². The fourth-order valence-electron chi connectivity index (χ4n) is 3.81. The van der Waals surface area contributed by atoms with E-state index in [0.717, 1.165) is 11.3 Å². The standard InChI is InChI=1S/C22H19ClN4O5S2/c1-2-11-26-19-10-7-17(27(29)30)13-20(19)33-22(26)24-21(28)15-4-3-12-25(14-15)34(31,32)18-8-5-16(23)6-9-18/h1,5-10,13,15H,3-4,11-12,14H2. The second-order valence-corrected chi connectivity index (χ2v) is 11.1. The minimum Gasteiger partial charge on any atom is -0.305 e. The summed E-state index contributed by atoms with van der Waals surface area (Å²) in [5, 5.41) is 11.5. The fraction of sp³-hybridized carbons (Fsp3) is 0.273. The number of nitro benzene ring substituents is 1. The first-order chi connectivity index (χ1) is 16.2. The third-order valence-corrected chi connectivity index (χ3v) is 8.69. The third kappa shape index (κ3) is 4.76. The molecular weight excluding hydrogens is 500 g/mol. The number of halogens is 1. The molecule has 0 saturated carbocycles. The van der Waals surface area contributed by atoms with Crippen LogP contribution < -0.4 is 4.80 Å². The van der Waals surface area contributed by atoms with E-state index in [0.29, 0.717) is 39.4 Å². The Labute approximate surface area is 204 Å². The van der Waals surface area contributed by atoms with Gasteiger partial charge in [0.1, 0.15) is 0 Å². The number of piperidine rings is 1. The zero-order valence-corrected chi connectivity index (χ0v) is 20.1. The molecule has 2 aromatic carbocycles. The van der Waals surface area contributed by atoms with E-state index in [2.05, 4.69) is 10.9 Å². The summed E-state index contributed by atoms with van der Waals surface area (Å²) in [5.41, 5.74) is 0.561. The molecule has 0 aliphatic carbocycles. The molecule has 0 radical (unpaired) electrons. The average molecular weight is 519 g/mol. The summed E-state index contributed by atoms with van der Waals surface area (Å²) in [4.78, 5) is 28.4. The monoisotopic (exact) mass is 518 g/mol. The summed E-state index contributed by atoms with van der Waals surface area (Å²) < 4.78 is 29.6. The average Bonchev–Trinajstić information content (AvgIpc) is 3.15. The molecule has 1 aromatic heterocycles. The summed E-state index contributed by atoms with van der Waals surface area (Å²) in [6.07, 6.45) is 6.50. The minimum absolute atomic E-state index is 0.0127. The number of rotatable bonds is 5. The Morgan fingerprint density at radius 3 is 2.71 bits per heavy atom. The summed E-state index contributed by atoms with van der Waals surface area (Å²) in [5.74, 6) is 1.44. The molecular formula is C22H19ClN4O5S2. The second-order valence-electron chi connectivity index (χ2n) is 7.69. The first-order valence-electron chi connectivity index (χ1n) is 10.3. The van der Waals surface area contributed by atoms with Gasteiger partial charge < -0.3 is 4.57 Å². The van der Waals surface area contributed by atoms with Crippen LogP contribution in [0.25, 0.3) is 10.2 Å². The highest BCUT2D eigenvalue weighted by Gasteiger charge is 2.33. The number of carbonyl (C=O) groups excluding carboxylic acids is 1. The number of hydrogen-bond acceptors (Lipinski definition) is 6. The first-order valence-corrected chi connectivity index (χ1v) is 12.9. The van der Waals surface area contributed by atoms with Crippen LogP contribution in [0.2, 0.25) is 5.02 Å². The summed E-state index contributed by atoms with van der Waals surface area (Å²) in [6, 6.07) is 10.2. The number of carbonyl (C=O) groups is 1. The lowest BCUT2D eigenvalue weighted by Crippen LogP contribution is -2.42. The molecule has 1 aliphatic heterocycles. The molecule has 3 aromatic rings. The number of fused-ring (bicyclic) bond motifs is 1. The Balaban J connectivity index is 1.64. The van der Waals surface area contributed by atoms with Crippen molar-refractivity contribution >= 4 is 54.8 Å². The molecule has 12 heteroatoms. The molecule has 34 heavy (non-hydrogen) atoms. The zero-order valence-electron chi connectivity index (χ0n) is 17.8. The van der Waals surface area contributed by atoms with Crippen molar-refractivity contribution in [3.05, 3.63) is 62.4 Å². The van der Waals surface area contributed by atoms with Gasteiger partial charge in [0.15, 0.2) is 4.80 Å². The second kappa shape index (κ2) is 9.68. The molecule has 1 saturated heterocycles. The van der Waals surface area contributed by atoms with Crippen LogP contribution in [-0.4, -0.2) is 41.2 Å². The van der Waals surface area contributed by atoms with Crippen molar-refractivity contribution in [3.8, 4) is 12.3 Å². The third-order valence-electron chi connectivity index (χ3n) is 5.52. The maximum atomic E-state index is 13.1. The molecule has 1 amide bonds. The number of hydrogen-bond donors (Lipinski definition) is 0. The van der Waals surface area contributed by atoms with E-state index in [1.807, 2.05) is 0 Å². The van der Waals surface area contributed by atoms with Crippen molar-refractivity contribution in [1.82, 2.24) is 8.87 Å². The van der Waals surface area contributed by atoms with Crippen LogP contribution in [0.15, 0.2) is 52.4 Å². The predicted octanol–water partition coefficient (Wildman–Crippen LogP) is 3.43. The van der Waals surface area contributed by atoms with Crippen molar-refractivity contribution < 1.29 is 18.1 Å². The number of sulfonamides is 1. The number of thiazole rings is 1. The van der Waals surface area contributed by atoms with E-state index in [9.17, 15) is 23.3 Å². The largest absolute Gasteiger partial charge is 0.305 e. The van der Waals surface area contributed by atoms with Crippen molar-refractivity contribution in [2.45, 2.75) is 24.3 Å². The topological polar surface area (TPSA) is 115 Å². The molecule has 1 aliphatic rings. The van der Waals surface area contributed by atoms with Gasteiger partial charge in [-0.2, -0.15) is 9.30 Å².